The fourth-order valence-electron chi connectivity index (χ4n) is 1.84. The van der Waals surface area contributed by atoms with Crippen LogP contribution in [0.1, 0.15) is 18.4 Å². The molecule has 1 heterocycles. The van der Waals surface area contributed by atoms with Crippen LogP contribution >= 0.6 is 0 Å². The van der Waals surface area contributed by atoms with Gasteiger partial charge in [-0.15, -0.1) is 0 Å². The van der Waals surface area contributed by atoms with Gasteiger partial charge in [-0.05, 0) is 30.5 Å². The molecule has 1 aromatic rings. The van der Waals surface area contributed by atoms with E-state index < -0.39 is 0 Å². The molecule has 1 fully saturated rings. The number of carbonyl (C=O) groups excluding carboxylic acids is 1. The molecule has 0 spiro atoms. The van der Waals surface area contributed by atoms with E-state index in [-0.39, 0.29) is 12.7 Å². The van der Waals surface area contributed by atoms with Crippen molar-refractivity contribution in [1.29, 1.82) is 0 Å². The van der Waals surface area contributed by atoms with Crippen molar-refractivity contribution < 1.29 is 14.3 Å². The lowest BCUT2D eigenvalue weighted by atomic mass is 10.2. The Labute approximate surface area is 105 Å². The van der Waals surface area contributed by atoms with E-state index in [0.29, 0.717) is 19.1 Å². The molecule has 18 heavy (non-hydrogen) atoms. The van der Waals surface area contributed by atoms with Crippen molar-refractivity contribution in [2.45, 2.75) is 25.4 Å². The third kappa shape index (κ3) is 2.73. The summed E-state index contributed by atoms with van der Waals surface area (Å²) in [5, 5.41) is 6.05. The molecule has 1 aliphatic heterocycles. The first kappa shape index (κ1) is 11.3. The molecule has 5 nitrogen and oxygen atoms in total. The molecule has 5 heteroatoms. The van der Waals surface area contributed by atoms with Gasteiger partial charge in [-0.25, -0.2) is 0 Å². The van der Waals surface area contributed by atoms with Gasteiger partial charge >= 0.3 is 0 Å². The number of rotatable bonds is 5. The highest BCUT2D eigenvalue weighted by Crippen LogP contribution is 2.32. The number of amides is 1. The zero-order chi connectivity index (χ0) is 12.4. The number of carbonyl (C=O) groups is 1. The molecule has 0 bridgehead atoms. The maximum absolute atomic E-state index is 11.6. The van der Waals surface area contributed by atoms with E-state index in [1.165, 1.54) is 12.8 Å². The van der Waals surface area contributed by atoms with Crippen LogP contribution in [0.2, 0.25) is 0 Å². The average molecular weight is 248 g/mol. The van der Waals surface area contributed by atoms with Crippen LogP contribution in [0.15, 0.2) is 18.2 Å². The minimum Gasteiger partial charge on any atom is -0.454 e. The smallest absolute Gasteiger partial charge is 0.234 e. The lowest BCUT2D eigenvalue weighted by Crippen LogP contribution is -2.34. The summed E-state index contributed by atoms with van der Waals surface area (Å²) in [6.07, 6.45) is 2.38. The van der Waals surface area contributed by atoms with Crippen molar-refractivity contribution in [1.82, 2.24) is 10.6 Å². The highest BCUT2D eigenvalue weighted by Gasteiger charge is 2.21. The van der Waals surface area contributed by atoms with Crippen molar-refractivity contribution in [2.75, 3.05) is 13.3 Å². The Hall–Kier alpha value is -1.75. The summed E-state index contributed by atoms with van der Waals surface area (Å²) < 4.78 is 10.5. The summed E-state index contributed by atoms with van der Waals surface area (Å²) >= 11 is 0. The molecule has 1 aliphatic carbocycles. The van der Waals surface area contributed by atoms with Crippen LogP contribution < -0.4 is 20.1 Å². The van der Waals surface area contributed by atoms with Gasteiger partial charge in [0.15, 0.2) is 11.5 Å². The van der Waals surface area contributed by atoms with Gasteiger partial charge in [0.05, 0.1) is 6.54 Å². The van der Waals surface area contributed by atoms with Gasteiger partial charge in [-0.1, -0.05) is 6.07 Å². The minimum atomic E-state index is 0.0274. The SMILES string of the molecule is O=C(CNC1CC1)NCc1ccc2c(c1)OCO2. The van der Waals surface area contributed by atoms with Gasteiger partial charge in [0, 0.05) is 12.6 Å². The predicted molar refractivity (Wildman–Crippen MR) is 65.4 cm³/mol. The summed E-state index contributed by atoms with van der Waals surface area (Å²) in [6.45, 7) is 1.19. The molecule has 0 radical (unpaired) electrons. The summed E-state index contributed by atoms with van der Waals surface area (Å²) in [4.78, 5) is 11.6. The van der Waals surface area contributed by atoms with E-state index in [2.05, 4.69) is 10.6 Å². The Balaban J connectivity index is 1.48. The third-order valence-electron chi connectivity index (χ3n) is 3.06. The van der Waals surface area contributed by atoms with Crippen LogP contribution in [0.3, 0.4) is 0 Å². The Morgan fingerprint density at radius 1 is 1.28 bits per heavy atom. The van der Waals surface area contributed by atoms with Gasteiger partial charge in [-0.2, -0.15) is 0 Å². The molecule has 1 saturated carbocycles. The number of benzene rings is 1. The van der Waals surface area contributed by atoms with E-state index in [1.807, 2.05) is 18.2 Å². The maximum atomic E-state index is 11.6. The molecule has 1 amide bonds. The van der Waals surface area contributed by atoms with Crippen LogP contribution in [-0.4, -0.2) is 25.3 Å². The van der Waals surface area contributed by atoms with Crippen molar-refractivity contribution in [3.63, 3.8) is 0 Å². The first-order valence-electron chi connectivity index (χ1n) is 6.20. The van der Waals surface area contributed by atoms with E-state index in [4.69, 9.17) is 9.47 Å². The average Bonchev–Trinajstić information content (AvgIpc) is 3.10. The van der Waals surface area contributed by atoms with Gasteiger partial charge < -0.3 is 20.1 Å². The van der Waals surface area contributed by atoms with Crippen molar-refractivity contribution in [2.24, 2.45) is 0 Å². The van der Waals surface area contributed by atoms with E-state index >= 15 is 0 Å². The van der Waals surface area contributed by atoms with Crippen LogP contribution in [0.25, 0.3) is 0 Å². The second-order valence-electron chi connectivity index (χ2n) is 4.62. The summed E-state index contributed by atoms with van der Waals surface area (Å²) in [7, 11) is 0. The van der Waals surface area contributed by atoms with E-state index in [9.17, 15) is 4.79 Å². The van der Waals surface area contributed by atoms with Crippen molar-refractivity contribution >= 4 is 5.91 Å². The molecule has 2 aliphatic rings. The van der Waals surface area contributed by atoms with Crippen molar-refractivity contribution in [3.8, 4) is 11.5 Å². The maximum Gasteiger partial charge on any atom is 0.234 e. The second-order valence-corrected chi connectivity index (χ2v) is 4.62. The van der Waals surface area contributed by atoms with Gasteiger partial charge in [0.25, 0.3) is 0 Å². The van der Waals surface area contributed by atoms with E-state index in [0.717, 1.165) is 17.1 Å². The summed E-state index contributed by atoms with van der Waals surface area (Å²) in [5.74, 6) is 1.54. The van der Waals surface area contributed by atoms with E-state index in [1.54, 1.807) is 0 Å². The van der Waals surface area contributed by atoms with Gasteiger partial charge in [0.2, 0.25) is 12.7 Å². The molecule has 1 aromatic carbocycles. The number of nitrogens with one attached hydrogen (secondary N) is 2. The lowest BCUT2D eigenvalue weighted by molar-refractivity contribution is -0.120. The normalized spacial score (nSPS) is 16.7. The minimum absolute atomic E-state index is 0.0274. The zero-order valence-electron chi connectivity index (χ0n) is 10.1. The fourth-order valence-corrected chi connectivity index (χ4v) is 1.84. The number of hydrogen-bond donors (Lipinski definition) is 2. The molecule has 0 aromatic heterocycles. The molecule has 0 unspecified atom stereocenters. The highest BCUT2D eigenvalue weighted by atomic mass is 16.7. The quantitative estimate of drug-likeness (QED) is 0.808. The lowest BCUT2D eigenvalue weighted by Gasteiger charge is -2.06. The third-order valence-corrected chi connectivity index (χ3v) is 3.06. The largest absolute Gasteiger partial charge is 0.454 e. The van der Waals surface area contributed by atoms with Crippen LogP contribution in [0.5, 0.6) is 11.5 Å². The first-order chi connectivity index (χ1) is 8.81. The second kappa shape index (κ2) is 4.86. The van der Waals surface area contributed by atoms with Gasteiger partial charge in [0.1, 0.15) is 0 Å². The number of ether oxygens (including phenoxy) is 2. The van der Waals surface area contributed by atoms with Crippen LogP contribution in [0.4, 0.5) is 0 Å². The Morgan fingerprint density at radius 2 is 2.11 bits per heavy atom. The molecule has 3 rings (SSSR count). The standard InChI is InChI=1S/C13H16N2O3/c16-13(7-14-10-2-3-10)15-6-9-1-4-11-12(5-9)18-8-17-11/h1,4-5,10,14H,2-3,6-8H2,(H,15,16). The Morgan fingerprint density at radius 3 is 2.94 bits per heavy atom. The Bertz CT molecular complexity index is 458. The molecule has 96 valence electrons. The number of fused-ring (bicyclic) bond motifs is 1. The predicted octanol–water partition coefficient (Wildman–Crippen LogP) is 0.783. The van der Waals surface area contributed by atoms with Crippen LogP contribution in [0, 0.1) is 0 Å². The molecule has 2 N–H and O–H groups in total. The monoisotopic (exact) mass is 248 g/mol. The van der Waals surface area contributed by atoms with Crippen molar-refractivity contribution in [3.05, 3.63) is 23.8 Å². The molecule has 0 saturated heterocycles. The topological polar surface area (TPSA) is 59.6 Å². The summed E-state index contributed by atoms with van der Waals surface area (Å²) in [5.41, 5.74) is 1.01. The number of hydrogen-bond acceptors (Lipinski definition) is 4. The molecular weight excluding hydrogens is 232 g/mol. The Kier molecular flexibility index (Phi) is 3.06. The molecule has 0 atom stereocenters. The zero-order valence-corrected chi connectivity index (χ0v) is 10.1. The van der Waals surface area contributed by atoms with Gasteiger partial charge in [-0.3, -0.25) is 4.79 Å². The fraction of sp³-hybridized carbons (Fsp3) is 0.462. The first-order valence-corrected chi connectivity index (χ1v) is 6.20. The summed E-state index contributed by atoms with van der Waals surface area (Å²) in [6, 6.07) is 6.26. The highest BCUT2D eigenvalue weighted by molar-refractivity contribution is 5.78. The molecular formula is C13H16N2O3. The van der Waals surface area contributed by atoms with Crippen LogP contribution in [-0.2, 0) is 11.3 Å².